The van der Waals surface area contributed by atoms with Gasteiger partial charge in [0, 0.05) is 24.4 Å². The van der Waals surface area contributed by atoms with Gasteiger partial charge in [-0.2, -0.15) is 0 Å². The zero-order chi connectivity index (χ0) is 10.7. The molecule has 0 aliphatic carbocycles. The van der Waals surface area contributed by atoms with Gasteiger partial charge in [-0.15, -0.1) is 11.3 Å². The quantitative estimate of drug-likeness (QED) is 0.841. The van der Waals surface area contributed by atoms with Crippen molar-refractivity contribution in [2.75, 3.05) is 20.6 Å². The first-order valence-electron chi connectivity index (χ1n) is 5.57. The van der Waals surface area contributed by atoms with E-state index in [1.54, 1.807) is 11.3 Å². The topological polar surface area (TPSA) is 28.2 Å². The summed E-state index contributed by atoms with van der Waals surface area (Å²) in [6.07, 6.45) is 3.80. The van der Waals surface area contributed by atoms with Crippen LogP contribution < -0.4 is 5.32 Å². The van der Waals surface area contributed by atoms with E-state index in [0.717, 1.165) is 19.0 Å². The number of thiazole rings is 1. The zero-order valence-electron chi connectivity index (χ0n) is 9.49. The van der Waals surface area contributed by atoms with Gasteiger partial charge in [-0.05, 0) is 33.5 Å². The fourth-order valence-corrected chi connectivity index (χ4v) is 3.01. The molecule has 1 aliphatic heterocycles. The maximum absolute atomic E-state index is 4.63. The summed E-state index contributed by atoms with van der Waals surface area (Å²) < 4.78 is 0. The Balaban J connectivity index is 1.92. The maximum atomic E-state index is 4.63. The van der Waals surface area contributed by atoms with Crippen molar-refractivity contribution in [3.8, 4) is 0 Å². The van der Waals surface area contributed by atoms with E-state index < -0.39 is 0 Å². The molecule has 2 rings (SSSR count). The standard InChI is InChI=1S/C11H19N3S/c1-12-7-9-8-15-11(13-9)6-10-4-3-5-14(10)2/h8,10,12H,3-7H2,1-2H3. The highest BCUT2D eigenvalue weighted by atomic mass is 32.1. The van der Waals surface area contributed by atoms with Gasteiger partial charge in [0.1, 0.15) is 0 Å². The van der Waals surface area contributed by atoms with Gasteiger partial charge in [0.05, 0.1) is 10.7 Å². The first kappa shape index (κ1) is 11.0. The Labute approximate surface area is 95.5 Å². The van der Waals surface area contributed by atoms with Crippen LogP contribution in [0.25, 0.3) is 0 Å². The van der Waals surface area contributed by atoms with Crippen molar-refractivity contribution in [3.05, 3.63) is 16.1 Å². The lowest BCUT2D eigenvalue weighted by Gasteiger charge is -2.17. The average molecular weight is 225 g/mol. The fraction of sp³-hybridized carbons (Fsp3) is 0.727. The van der Waals surface area contributed by atoms with E-state index in [-0.39, 0.29) is 0 Å². The van der Waals surface area contributed by atoms with Crippen LogP contribution in [0, 0.1) is 0 Å². The number of nitrogens with one attached hydrogen (secondary N) is 1. The Morgan fingerprint density at radius 2 is 2.53 bits per heavy atom. The van der Waals surface area contributed by atoms with Crippen molar-refractivity contribution in [2.45, 2.75) is 31.8 Å². The highest BCUT2D eigenvalue weighted by Gasteiger charge is 2.21. The van der Waals surface area contributed by atoms with Crippen LogP contribution in [0.5, 0.6) is 0 Å². The second-order valence-corrected chi connectivity index (χ2v) is 5.19. The second kappa shape index (κ2) is 5.05. The molecule has 1 aliphatic rings. The van der Waals surface area contributed by atoms with Crippen LogP contribution in [0.4, 0.5) is 0 Å². The molecule has 1 aromatic heterocycles. The molecule has 0 bridgehead atoms. The van der Waals surface area contributed by atoms with Crippen LogP contribution in [0.3, 0.4) is 0 Å². The highest BCUT2D eigenvalue weighted by Crippen LogP contribution is 2.21. The minimum Gasteiger partial charge on any atom is -0.314 e. The number of aromatic nitrogens is 1. The van der Waals surface area contributed by atoms with E-state index in [2.05, 4.69) is 27.6 Å². The minimum absolute atomic E-state index is 0.721. The van der Waals surface area contributed by atoms with Crippen molar-refractivity contribution in [2.24, 2.45) is 0 Å². The van der Waals surface area contributed by atoms with Gasteiger partial charge in [-0.3, -0.25) is 0 Å². The Hall–Kier alpha value is -0.450. The molecule has 0 aromatic carbocycles. The predicted molar refractivity (Wildman–Crippen MR) is 64.2 cm³/mol. The summed E-state index contributed by atoms with van der Waals surface area (Å²) in [5.74, 6) is 0. The molecular weight excluding hydrogens is 206 g/mol. The molecule has 1 fully saturated rings. The van der Waals surface area contributed by atoms with Crippen LogP contribution in [0.2, 0.25) is 0 Å². The molecule has 3 nitrogen and oxygen atoms in total. The van der Waals surface area contributed by atoms with Crippen LogP contribution in [0.1, 0.15) is 23.5 Å². The Morgan fingerprint density at radius 3 is 3.20 bits per heavy atom. The first-order chi connectivity index (χ1) is 7.29. The van der Waals surface area contributed by atoms with Crippen molar-refractivity contribution >= 4 is 11.3 Å². The van der Waals surface area contributed by atoms with Gasteiger partial charge in [-0.1, -0.05) is 0 Å². The third-order valence-corrected chi connectivity index (χ3v) is 3.96. The SMILES string of the molecule is CNCc1csc(CC2CCCN2C)n1. The molecule has 1 saturated heterocycles. The van der Waals surface area contributed by atoms with Gasteiger partial charge >= 0.3 is 0 Å². The van der Waals surface area contributed by atoms with Crippen molar-refractivity contribution < 1.29 is 0 Å². The molecule has 0 amide bonds. The molecular formula is C11H19N3S. The lowest BCUT2D eigenvalue weighted by molar-refractivity contribution is 0.309. The van der Waals surface area contributed by atoms with E-state index in [0.29, 0.717) is 0 Å². The van der Waals surface area contributed by atoms with E-state index in [4.69, 9.17) is 0 Å². The van der Waals surface area contributed by atoms with Gasteiger partial charge in [-0.25, -0.2) is 4.98 Å². The third kappa shape index (κ3) is 2.77. The number of likely N-dealkylation sites (tertiary alicyclic amines) is 1. The normalized spacial score (nSPS) is 22.4. The molecule has 15 heavy (non-hydrogen) atoms. The molecule has 84 valence electrons. The third-order valence-electron chi connectivity index (χ3n) is 3.04. The molecule has 1 unspecified atom stereocenters. The molecule has 1 atom stereocenters. The van der Waals surface area contributed by atoms with Crippen molar-refractivity contribution in [1.29, 1.82) is 0 Å². The Kier molecular flexibility index (Phi) is 3.72. The summed E-state index contributed by atoms with van der Waals surface area (Å²) in [5.41, 5.74) is 1.18. The van der Waals surface area contributed by atoms with E-state index in [1.807, 2.05) is 7.05 Å². The van der Waals surface area contributed by atoms with E-state index in [9.17, 15) is 0 Å². The van der Waals surface area contributed by atoms with Gasteiger partial charge in [0.15, 0.2) is 0 Å². The maximum Gasteiger partial charge on any atom is 0.0944 e. The number of likely N-dealkylation sites (N-methyl/N-ethyl adjacent to an activating group) is 1. The molecule has 1 N–H and O–H groups in total. The monoisotopic (exact) mass is 225 g/mol. The average Bonchev–Trinajstić information content (AvgIpc) is 2.79. The summed E-state index contributed by atoms with van der Waals surface area (Å²) in [6, 6.07) is 0.721. The lowest BCUT2D eigenvalue weighted by atomic mass is 10.1. The van der Waals surface area contributed by atoms with E-state index in [1.165, 1.54) is 30.1 Å². The summed E-state index contributed by atoms with van der Waals surface area (Å²) in [5, 5.41) is 6.59. The number of rotatable bonds is 4. The van der Waals surface area contributed by atoms with Gasteiger partial charge in [0.25, 0.3) is 0 Å². The molecule has 0 spiro atoms. The van der Waals surface area contributed by atoms with Gasteiger partial charge in [0.2, 0.25) is 0 Å². The van der Waals surface area contributed by atoms with E-state index >= 15 is 0 Å². The Bertz CT molecular complexity index is 311. The largest absolute Gasteiger partial charge is 0.314 e. The van der Waals surface area contributed by atoms with Crippen LogP contribution in [-0.2, 0) is 13.0 Å². The van der Waals surface area contributed by atoms with Crippen LogP contribution >= 0.6 is 11.3 Å². The second-order valence-electron chi connectivity index (χ2n) is 4.24. The fourth-order valence-electron chi connectivity index (χ4n) is 2.14. The minimum atomic E-state index is 0.721. The van der Waals surface area contributed by atoms with Crippen LogP contribution in [-0.4, -0.2) is 36.6 Å². The Morgan fingerprint density at radius 1 is 1.67 bits per heavy atom. The van der Waals surface area contributed by atoms with Crippen molar-refractivity contribution in [1.82, 2.24) is 15.2 Å². The smallest absolute Gasteiger partial charge is 0.0944 e. The molecule has 1 aromatic rings. The zero-order valence-corrected chi connectivity index (χ0v) is 10.3. The first-order valence-corrected chi connectivity index (χ1v) is 6.45. The molecule has 0 saturated carbocycles. The lowest BCUT2D eigenvalue weighted by Crippen LogP contribution is -2.26. The summed E-state index contributed by atoms with van der Waals surface area (Å²) in [4.78, 5) is 7.08. The summed E-state index contributed by atoms with van der Waals surface area (Å²) in [7, 11) is 4.18. The molecule has 4 heteroatoms. The highest BCUT2D eigenvalue weighted by molar-refractivity contribution is 7.09. The molecule has 0 radical (unpaired) electrons. The van der Waals surface area contributed by atoms with Crippen molar-refractivity contribution in [3.63, 3.8) is 0 Å². The predicted octanol–water partition coefficient (Wildman–Crippen LogP) is 1.50. The van der Waals surface area contributed by atoms with Gasteiger partial charge < -0.3 is 10.2 Å². The number of nitrogens with zero attached hydrogens (tertiary/aromatic N) is 2. The summed E-state index contributed by atoms with van der Waals surface area (Å²) in [6.45, 7) is 2.14. The summed E-state index contributed by atoms with van der Waals surface area (Å²) >= 11 is 1.80. The van der Waals surface area contributed by atoms with Crippen LogP contribution in [0.15, 0.2) is 5.38 Å². The number of hydrogen-bond acceptors (Lipinski definition) is 4. The number of hydrogen-bond donors (Lipinski definition) is 1. The molecule has 2 heterocycles.